The molecule has 66 valence electrons. The first-order valence-electron chi connectivity index (χ1n) is 3.99. The highest BCUT2D eigenvalue weighted by molar-refractivity contribution is 5.41. The van der Waals surface area contributed by atoms with Crippen molar-refractivity contribution in [3.63, 3.8) is 0 Å². The largest absolute Gasteiger partial charge is 0.369 e. The monoisotopic (exact) mass is 166 g/mol. The number of anilines is 2. The molecule has 0 bridgehead atoms. The highest BCUT2D eigenvalue weighted by Gasteiger charge is 1.96. The molecule has 1 aromatic heterocycles. The quantitative estimate of drug-likeness (QED) is 0.726. The molecule has 0 unspecified atom stereocenters. The summed E-state index contributed by atoms with van der Waals surface area (Å²) in [5.41, 5.74) is 0. The lowest BCUT2D eigenvalue weighted by atomic mass is 10.5. The van der Waals surface area contributed by atoms with Crippen molar-refractivity contribution in [1.29, 1.82) is 0 Å². The number of rotatable bonds is 3. The maximum absolute atomic E-state index is 4.01. The van der Waals surface area contributed by atoms with Gasteiger partial charge in [0.1, 0.15) is 5.82 Å². The minimum Gasteiger partial charge on any atom is -0.369 e. The van der Waals surface area contributed by atoms with Crippen molar-refractivity contribution in [2.75, 3.05) is 30.9 Å². The van der Waals surface area contributed by atoms with Gasteiger partial charge in [0.05, 0.1) is 0 Å². The summed E-state index contributed by atoms with van der Waals surface area (Å²) in [7, 11) is 3.88. The molecule has 1 rings (SSSR count). The second kappa shape index (κ2) is 3.90. The average molecular weight is 166 g/mol. The zero-order valence-electron chi connectivity index (χ0n) is 7.70. The van der Waals surface area contributed by atoms with Crippen LogP contribution < -0.4 is 10.2 Å². The zero-order chi connectivity index (χ0) is 8.97. The van der Waals surface area contributed by atoms with Gasteiger partial charge in [0.2, 0.25) is 0 Å². The third-order valence-electron chi connectivity index (χ3n) is 1.47. The molecule has 0 radical (unpaired) electrons. The van der Waals surface area contributed by atoms with E-state index in [1.54, 1.807) is 0 Å². The van der Waals surface area contributed by atoms with Gasteiger partial charge >= 0.3 is 0 Å². The van der Waals surface area contributed by atoms with Gasteiger partial charge in [-0.25, -0.2) is 0 Å². The van der Waals surface area contributed by atoms with Crippen LogP contribution in [0.1, 0.15) is 6.92 Å². The fourth-order valence-electron chi connectivity index (χ4n) is 0.839. The van der Waals surface area contributed by atoms with Gasteiger partial charge in [-0.15, -0.1) is 10.2 Å². The molecule has 0 aromatic carbocycles. The molecular formula is C8H14N4. The van der Waals surface area contributed by atoms with Crippen molar-refractivity contribution >= 4 is 11.6 Å². The smallest absolute Gasteiger partial charge is 0.150 e. The third kappa shape index (κ3) is 2.08. The normalized spacial score (nSPS) is 9.58. The summed E-state index contributed by atoms with van der Waals surface area (Å²) in [5, 5.41) is 11.1. The van der Waals surface area contributed by atoms with E-state index < -0.39 is 0 Å². The van der Waals surface area contributed by atoms with Gasteiger partial charge in [0, 0.05) is 20.6 Å². The molecule has 0 atom stereocenters. The van der Waals surface area contributed by atoms with Gasteiger partial charge in [-0.1, -0.05) is 0 Å². The average Bonchev–Trinajstić information content (AvgIpc) is 2.06. The Hall–Kier alpha value is -1.32. The summed E-state index contributed by atoms with van der Waals surface area (Å²) >= 11 is 0. The lowest BCUT2D eigenvalue weighted by Gasteiger charge is -2.09. The third-order valence-corrected chi connectivity index (χ3v) is 1.47. The first-order chi connectivity index (χ1) is 5.74. The first-order valence-corrected chi connectivity index (χ1v) is 3.99. The molecule has 0 aliphatic carbocycles. The van der Waals surface area contributed by atoms with Gasteiger partial charge in [-0.05, 0) is 19.1 Å². The Kier molecular flexibility index (Phi) is 2.85. The van der Waals surface area contributed by atoms with E-state index in [0.717, 1.165) is 18.2 Å². The number of aromatic nitrogens is 2. The summed E-state index contributed by atoms with van der Waals surface area (Å²) in [4.78, 5) is 1.92. The Bertz CT molecular complexity index is 229. The summed E-state index contributed by atoms with van der Waals surface area (Å²) in [5.74, 6) is 1.69. The first kappa shape index (κ1) is 8.77. The van der Waals surface area contributed by atoms with Crippen LogP contribution in [0.2, 0.25) is 0 Å². The Labute approximate surface area is 72.6 Å². The van der Waals surface area contributed by atoms with Crippen LogP contribution in [0.3, 0.4) is 0 Å². The number of nitrogens with zero attached hydrogens (tertiary/aromatic N) is 3. The minimum atomic E-state index is 0.822. The molecule has 0 saturated carbocycles. The van der Waals surface area contributed by atoms with E-state index in [1.807, 2.05) is 38.1 Å². The molecule has 0 saturated heterocycles. The molecule has 4 heteroatoms. The molecular weight excluding hydrogens is 152 g/mol. The van der Waals surface area contributed by atoms with Crippen molar-refractivity contribution in [2.24, 2.45) is 0 Å². The van der Waals surface area contributed by atoms with Gasteiger partial charge in [-0.3, -0.25) is 0 Å². The summed E-state index contributed by atoms with van der Waals surface area (Å²) in [6, 6.07) is 3.86. The lowest BCUT2D eigenvalue weighted by Crippen LogP contribution is -2.11. The van der Waals surface area contributed by atoms with E-state index in [0.29, 0.717) is 0 Å². The van der Waals surface area contributed by atoms with Crippen LogP contribution in [0.25, 0.3) is 0 Å². The van der Waals surface area contributed by atoms with Crippen molar-refractivity contribution < 1.29 is 0 Å². The number of hydrogen-bond donors (Lipinski definition) is 1. The topological polar surface area (TPSA) is 41.0 Å². The Morgan fingerprint density at radius 3 is 2.50 bits per heavy atom. The van der Waals surface area contributed by atoms with E-state index in [-0.39, 0.29) is 0 Å². The maximum atomic E-state index is 4.01. The minimum absolute atomic E-state index is 0.822. The second-order valence-electron chi connectivity index (χ2n) is 2.70. The molecule has 1 N–H and O–H groups in total. The summed E-state index contributed by atoms with van der Waals surface area (Å²) < 4.78 is 0. The second-order valence-corrected chi connectivity index (χ2v) is 2.70. The van der Waals surface area contributed by atoms with Crippen LogP contribution >= 0.6 is 0 Å². The van der Waals surface area contributed by atoms with Crippen LogP contribution in [0, 0.1) is 0 Å². The predicted octanol–water partition coefficient (Wildman–Crippen LogP) is 0.974. The maximum Gasteiger partial charge on any atom is 0.150 e. The van der Waals surface area contributed by atoms with Crippen LogP contribution in [-0.2, 0) is 0 Å². The molecule has 0 aliphatic rings. The van der Waals surface area contributed by atoms with Gasteiger partial charge in [0.15, 0.2) is 5.82 Å². The van der Waals surface area contributed by atoms with Crippen LogP contribution in [-0.4, -0.2) is 30.8 Å². The fraction of sp³-hybridized carbons (Fsp3) is 0.500. The number of hydrogen-bond acceptors (Lipinski definition) is 4. The SMILES string of the molecule is CCNc1ccc(N(C)C)nn1. The van der Waals surface area contributed by atoms with Crippen LogP contribution in [0.4, 0.5) is 11.6 Å². The predicted molar refractivity (Wildman–Crippen MR) is 50.5 cm³/mol. The Morgan fingerprint density at radius 2 is 2.08 bits per heavy atom. The van der Waals surface area contributed by atoms with Gasteiger partial charge < -0.3 is 10.2 Å². The highest BCUT2D eigenvalue weighted by Crippen LogP contribution is 2.07. The standard InChI is InChI=1S/C8H14N4/c1-4-9-7-5-6-8(11-10-7)12(2)3/h5-6H,4H2,1-3H3,(H,9,10). The molecule has 0 fully saturated rings. The van der Waals surface area contributed by atoms with E-state index in [4.69, 9.17) is 0 Å². The van der Waals surface area contributed by atoms with E-state index in [9.17, 15) is 0 Å². The molecule has 0 aliphatic heterocycles. The molecule has 1 aromatic rings. The molecule has 12 heavy (non-hydrogen) atoms. The van der Waals surface area contributed by atoms with Gasteiger partial charge in [0.25, 0.3) is 0 Å². The fourth-order valence-corrected chi connectivity index (χ4v) is 0.839. The van der Waals surface area contributed by atoms with Crippen LogP contribution in [0.5, 0.6) is 0 Å². The summed E-state index contributed by atoms with van der Waals surface area (Å²) in [6.45, 7) is 2.90. The zero-order valence-corrected chi connectivity index (χ0v) is 7.70. The number of nitrogens with one attached hydrogen (secondary N) is 1. The van der Waals surface area contributed by atoms with Crippen molar-refractivity contribution in [3.05, 3.63) is 12.1 Å². The van der Waals surface area contributed by atoms with E-state index >= 15 is 0 Å². The van der Waals surface area contributed by atoms with Crippen molar-refractivity contribution in [1.82, 2.24) is 10.2 Å². The van der Waals surface area contributed by atoms with Crippen molar-refractivity contribution in [3.8, 4) is 0 Å². The molecule has 1 heterocycles. The Balaban J connectivity index is 2.71. The molecule has 4 nitrogen and oxygen atoms in total. The molecule has 0 amide bonds. The van der Waals surface area contributed by atoms with Gasteiger partial charge in [-0.2, -0.15) is 0 Å². The molecule has 0 spiro atoms. The van der Waals surface area contributed by atoms with Crippen molar-refractivity contribution in [2.45, 2.75) is 6.92 Å². The van der Waals surface area contributed by atoms with E-state index in [1.165, 1.54) is 0 Å². The van der Waals surface area contributed by atoms with E-state index in [2.05, 4.69) is 15.5 Å². The highest BCUT2D eigenvalue weighted by atomic mass is 15.3. The Morgan fingerprint density at radius 1 is 1.33 bits per heavy atom. The van der Waals surface area contributed by atoms with Crippen LogP contribution in [0.15, 0.2) is 12.1 Å². The summed E-state index contributed by atoms with van der Waals surface area (Å²) in [6.07, 6.45) is 0. The lowest BCUT2D eigenvalue weighted by molar-refractivity contribution is 0.958.